The van der Waals surface area contributed by atoms with Crippen molar-refractivity contribution >= 4 is 23.3 Å². The number of nitrogens with one attached hydrogen (secondary N) is 1. The van der Waals surface area contributed by atoms with Gasteiger partial charge < -0.3 is 16.8 Å². The Labute approximate surface area is 181 Å². The molecule has 0 saturated heterocycles. The maximum absolute atomic E-state index is 12.8. The van der Waals surface area contributed by atoms with E-state index >= 15 is 0 Å². The smallest absolute Gasteiger partial charge is 0.383 e. The fraction of sp³-hybridized carbons (Fsp3) is 0.238. The molecule has 2 amide bonds. The lowest BCUT2D eigenvalue weighted by Crippen LogP contribution is -2.16. The number of aromatic nitrogens is 3. The molecule has 0 atom stereocenters. The van der Waals surface area contributed by atoms with Gasteiger partial charge in [0, 0.05) is 23.5 Å². The van der Waals surface area contributed by atoms with Crippen molar-refractivity contribution < 1.29 is 22.8 Å². The molecule has 0 unspecified atom stereocenters. The van der Waals surface area contributed by atoms with E-state index in [-0.39, 0.29) is 29.5 Å². The van der Waals surface area contributed by atoms with Crippen LogP contribution in [0.2, 0.25) is 0 Å². The van der Waals surface area contributed by atoms with Gasteiger partial charge in [-0.25, -0.2) is 4.68 Å². The molecule has 0 aliphatic rings. The lowest BCUT2D eigenvalue weighted by molar-refractivity contribution is -0.141. The van der Waals surface area contributed by atoms with E-state index in [1.54, 1.807) is 24.3 Å². The van der Waals surface area contributed by atoms with Crippen LogP contribution in [0.1, 0.15) is 41.5 Å². The first-order valence-corrected chi connectivity index (χ1v) is 9.57. The second-order valence-corrected chi connectivity index (χ2v) is 7.36. The minimum atomic E-state index is -4.60. The number of nitrogen functional groups attached to an aromatic ring is 1. The van der Waals surface area contributed by atoms with Gasteiger partial charge in [-0.2, -0.15) is 18.3 Å². The molecule has 168 valence electrons. The molecule has 0 fully saturated rings. The summed E-state index contributed by atoms with van der Waals surface area (Å²) in [4.78, 5) is 27.4. The summed E-state index contributed by atoms with van der Waals surface area (Å²) in [5, 5.41) is 6.81. The number of nitrogens with two attached hydrogens (primary N) is 2. The topological polar surface area (TPSA) is 129 Å². The molecule has 8 nitrogen and oxygen atoms in total. The Morgan fingerprint density at radius 2 is 1.81 bits per heavy atom. The molecule has 0 spiro atoms. The maximum atomic E-state index is 12.8. The van der Waals surface area contributed by atoms with Crippen LogP contribution in [0.25, 0.3) is 11.3 Å². The third kappa shape index (κ3) is 4.88. The number of nitrogens with zero attached hydrogens (tertiary/aromatic N) is 3. The molecule has 11 heteroatoms. The molecule has 2 heterocycles. The summed E-state index contributed by atoms with van der Waals surface area (Å²) in [6.07, 6.45) is -3.70. The summed E-state index contributed by atoms with van der Waals surface area (Å²) in [7, 11) is 0. The maximum Gasteiger partial charge on any atom is 0.433 e. The molecule has 1 aromatic carbocycles. The van der Waals surface area contributed by atoms with Crippen molar-refractivity contribution in [1.29, 1.82) is 0 Å². The van der Waals surface area contributed by atoms with Gasteiger partial charge in [0.15, 0.2) is 0 Å². The molecule has 0 aliphatic carbocycles. The van der Waals surface area contributed by atoms with Gasteiger partial charge in [0.1, 0.15) is 22.8 Å². The van der Waals surface area contributed by atoms with E-state index in [4.69, 9.17) is 11.5 Å². The molecule has 3 rings (SSSR count). The highest BCUT2D eigenvalue weighted by molar-refractivity contribution is 6.03. The lowest BCUT2D eigenvalue weighted by Gasteiger charge is -2.09. The molecule has 0 saturated carbocycles. The SMILES string of the molecule is CC(C)n1nc(-c2ccc(CC(=O)Nc3ccnc(C(F)(F)F)c3)cc2)c(C(N)=O)c1N. The van der Waals surface area contributed by atoms with Crippen LogP contribution in [0.15, 0.2) is 42.6 Å². The van der Waals surface area contributed by atoms with E-state index < -0.39 is 23.7 Å². The summed E-state index contributed by atoms with van der Waals surface area (Å²) in [5.74, 6) is -1.03. The number of benzene rings is 1. The number of amides is 2. The molecule has 5 N–H and O–H groups in total. The minimum absolute atomic E-state index is 0.00487. The highest BCUT2D eigenvalue weighted by Crippen LogP contribution is 2.30. The van der Waals surface area contributed by atoms with Crippen molar-refractivity contribution in [2.24, 2.45) is 5.73 Å². The number of carbonyl (C=O) groups is 2. The Hall–Kier alpha value is -3.89. The fourth-order valence-corrected chi connectivity index (χ4v) is 3.12. The van der Waals surface area contributed by atoms with E-state index in [0.717, 1.165) is 12.3 Å². The lowest BCUT2D eigenvalue weighted by atomic mass is 10.0. The quantitative estimate of drug-likeness (QED) is 0.534. The summed E-state index contributed by atoms with van der Waals surface area (Å²) in [6, 6.07) is 8.58. The number of hydrogen-bond donors (Lipinski definition) is 3. The van der Waals surface area contributed by atoms with Crippen LogP contribution >= 0.6 is 0 Å². The number of rotatable bonds is 6. The minimum Gasteiger partial charge on any atom is -0.383 e. The van der Waals surface area contributed by atoms with Crippen molar-refractivity contribution in [3.8, 4) is 11.3 Å². The Morgan fingerprint density at radius 3 is 2.38 bits per heavy atom. The van der Waals surface area contributed by atoms with E-state index in [1.165, 1.54) is 10.7 Å². The number of anilines is 2. The first-order chi connectivity index (χ1) is 15.0. The molecule has 0 aliphatic heterocycles. The van der Waals surface area contributed by atoms with E-state index in [1.807, 2.05) is 13.8 Å². The zero-order valence-electron chi connectivity index (χ0n) is 17.3. The van der Waals surface area contributed by atoms with Crippen LogP contribution in [0.5, 0.6) is 0 Å². The Balaban J connectivity index is 1.77. The average Bonchev–Trinajstić information content (AvgIpc) is 3.05. The predicted molar refractivity (Wildman–Crippen MR) is 113 cm³/mol. The van der Waals surface area contributed by atoms with E-state index in [0.29, 0.717) is 16.8 Å². The highest BCUT2D eigenvalue weighted by atomic mass is 19.4. The summed E-state index contributed by atoms with van der Waals surface area (Å²) >= 11 is 0. The largest absolute Gasteiger partial charge is 0.433 e. The second kappa shape index (κ2) is 8.69. The van der Waals surface area contributed by atoms with Gasteiger partial charge in [-0.05, 0) is 31.5 Å². The van der Waals surface area contributed by atoms with E-state index in [9.17, 15) is 22.8 Å². The molecule has 0 bridgehead atoms. The zero-order chi connectivity index (χ0) is 23.6. The van der Waals surface area contributed by atoms with Gasteiger partial charge in [-0.3, -0.25) is 14.6 Å². The molecule has 32 heavy (non-hydrogen) atoms. The van der Waals surface area contributed by atoms with Gasteiger partial charge >= 0.3 is 6.18 Å². The van der Waals surface area contributed by atoms with Gasteiger partial charge in [0.05, 0.1) is 6.42 Å². The van der Waals surface area contributed by atoms with Crippen molar-refractivity contribution in [3.63, 3.8) is 0 Å². The first kappa shape index (κ1) is 22.8. The van der Waals surface area contributed by atoms with Gasteiger partial charge in [-0.1, -0.05) is 24.3 Å². The molecular formula is C21H21F3N6O2. The highest BCUT2D eigenvalue weighted by Gasteiger charge is 2.32. The molecule has 0 radical (unpaired) electrons. The van der Waals surface area contributed by atoms with Crippen molar-refractivity contribution in [2.45, 2.75) is 32.5 Å². The summed E-state index contributed by atoms with van der Waals surface area (Å²) in [5.41, 5.74) is 12.0. The molecule has 2 aromatic heterocycles. The Kier molecular flexibility index (Phi) is 6.19. The summed E-state index contributed by atoms with van der Waals surface area (Å²) < 4.78 is 39.8. The second-order valence-electron chi connectivity index (χ2n) is 7.36. The zero-order valence-corrected chi connectivity index (χ0v) is 17.3. The predicted octanol–water partition coefficient (Wildman–Crippen LogP) is 3.41. The number of halogens is 3. The van der Waals surface area contributed by atoms with Gasteiger partial charge in [-0.15, -0.1) is 0 Å². The number of hydrogen-bond acceptors (Lipinski definition) is 5. The van der Waals surface area contributed by atoms with Crippen LogP contribution in [-0.2, 0) is 17.4 Å². The van der Waals surface area contributed by atoms with Gasteiger partial charge in [0.25, 0.3) is 5.91 Å². The van der Waals surface area contributed by atoms with Crippen LogP contribution in [0, 0.1) is 0 Å². The number of carbonyl (C=O) groups excluding carboxylic acids is 2. The fourth-order valence-electron chi connectivity index (χ4n) is 3.12. The third-order valence-corrected chi connectivity index (χ3v) is 4.61. The van der Waals surface area contributed by atoms with Crippen LogP contribution < -0.4 is 16.8 Å². The van der Waals surface area contributed by atoms with Crippen LogP contribution in [-0.4, -0.2) is 26.6 Å². The average molecular weight is 446 g/mol. The summed E-state index contributed by atoms with van der Waals surface area (Å²) in [6.45, 7) is 3.72. The number of primary amides is 1. The number of alkyl halides is 3. The third-order valence-electron chi connectivity index (χ3n) is 4.61. The Morgan fingerprint density at radius 1 is 1.16 bits per heavy atom. The van der Waals surface area contributed by atoms with Crippen LogP contribution in [0.3, 0.4) is 0 Å². The normalized spacial score (nSPS) is 11.6. The van der Waals surface area contributed by atoms with Crippen LogP contribution in [0.4, 0.5) is 24.7 Å². The molecule has 3 aromatic rings. The first-order valence-electron chi connectivity index (χ1n) is 9.57. The van der Waals surface area contributed by atoms with Crippen molar-refractivity contribution in [3.05, 3.63) is 59.4 Å². The Bertz CT molecular complexity index is 1150. The monoisotopic (exact) mass is 446 g/mol. The van der Waals surface area contributed by atoms with E-state index in [2.05, 4.69) is 15.4 Å². The van der Waals surface area contributed by atoms with Gasteiger partial charge in [0.2, 0.25) is 5.91 Å². The van der Waals surface area contributed by atoms with Crippen molar-refractivity contribution in [2.75, 3.05) is 11.1 Å². The standard InChI is InChI=1S/C21H21F3N6O2/c1-11(2)30-19(25)17(20(26)32)18(29-30)13-5-3-12(4-6-13)9-16(31)28-14-7-8-27-15(10-14)21(22,23)24/h3-8,10-11H,9,25H2,1-2H3,(H2,26,32)(H,27,28,31). The molecular weight excluding hydrogens is 425 g/mol. The van der Waals surface area contributed by atoms with Crippen molar-refractivity contribution in [1.82, 2.24) is 14.8 Å². The number of pyridine rings is 1.